The molecule has 8 heteroatoms. The average molecular weight is 331 g/mol. The van der Waals surface area contributed by atoms with Gasteiger partial charge in [-0.25, -0.2) is 13.5 Å². The van der Waals surface area contributed by atoms with E-state index >= 15 is 0 Å². The Labute approximate surface area is 135 Å². The first-order valence-corrected chi connectivity index (χ1v) is 7.61. The number of H-pyrrole nitrogens is 1. The van der Waals surface area contributed by atoms with Gasteiger partial charge in [-0.15, -0.1) is 0 Å². The molecule has 6 nitrogen and oxygen atoms in total. The molecular weight excluding hydrogens is 316 g/mol. The summed E-state index contributed by atoms with van der Waals surface area (Å²) in [6, 6.07) is 9.51. The number of alkyl halides is 2. The fourth-order valence-electron chi connectivity index (χ4n) is 2.94. The predicted octanol–water partition coefficient (Wildman–Crippen LogP) is 2.80. The van der Waals surface area contributed by atoms with Crippen LogP contribution in [0, 0.1) is 11.8 Å². The normalized spacial score (nSPS) is 19.8. The second kappa shape index (κ2) is 5.40. The number of aryl methyl sites for hydroxylation is 1. The van der Waals surface area contributed by atoms with E-state index in [9.17, 15) is 13.6 Å². The second-order valence-electron chi connectivity index (χ2n) is 5.97. The van der Waals surface area contributed by atoms with Crippen LogP contribution in [0.15, 0.2) is 30.3 Å². The van der Waals surface area contributed by atoms with Crippen molar-refractivity contribution in [3.63, 3.8) is 0 Å². The van der Waals surface area contributed by atoms with E-state index in [2.05, 4.69) is 20.6 Å². The van der Waals surface area contributed by atoms with Crippen molar-refractivity contribution in [1.29, 1.82) is 0 Å². The Balaban J connectivity index is 1.68. The Morgan fingerprint density at radius 2 is 2.12 bits per heavy atom. The largest absolute Gasteiger partial charge is 0.310 e. The number of rotatable bonds is 4. The molecule has 2 heterocycles. The maximum atomic E-state index is 12.6. The minimum absolute atomic E-state index is 0.222. The van der Waals surface area contributed by atoms with Crippen molar-refractivity contribution >= 4 is 22.8 Å². The molecule has 1 aliphatic rings. The molecule has 2 aromatic heterocycles. The van der Waals surface area contributed by atoms with E-state index in [1.165, 1.54) is 0 Å². The van der Waals surface area contributed by atoms with Crippen LogP contribution in [0.2, 0.25) is 0 Å². The third kappa shape index (κ3) is 2.34. The number of hydrogen-bond acceptors (Lipinski definition) is 3. The van der Waals surface area contributed by atoms with Crippen molar-refractivity contribution in [3.05, 3.63) is 30.3 Å². The number of nitrogens with zero attached hydrogens (tertiary/aromatic N) is 3. The molecule has 1 fully saturated rings. The van der Waals surface area contributed by atoms with Crippen LogP contribution in [0.5, 0.6) is 0 Å². The zero-order valence-electron chi connectivity index (χ0n) is 12.8. The standard InChI is InChI=1S/C16H15F2N5O/c1-23-15-11(12(22-23)8-5-3-2-4-6-8)14(20-21-15)19-16(24)10-7-9(10)13(17)18/h2-6,9-10,13H,7H2,1H3,(H2,19,20,21,24)/t9-,10-/m0/s1. The van der Waals surface area contributed by atoms with Crippen LogP contribution in [0.3, 0.4) is 0 Å². The van der Waals surface area contributed by atoms with Gasteiger partial charge in [0, 0.05) is 24.4 Å². The molecule has 0 bridgehead atoms. The number of carbonyl (C=O) groups excluding carboxylic acids is 1. The molecule has 24 heavy (non-hydrogen) atoms. The number of amides is 1. The molecule has 124 valence electrons. The summed E-state index contributed by atoms with van der Waals surface area (Å²) in [4.78, 5) is 12.2. The quantitative estimate of drug-likeness (QED) is 0.772. The summed E-state index contributed by atoms with van der Waals surface area (Å²) < 4.78 is 26.9. The Bertz CT molecular complexity index is 902. The Kier molecular flexibility index (Phi) is 3.33. The molecule has 4 rings (SSSR count). The first-order valence-electron chi connectivity index (χ1n) is 7.61. The van der Waals surface area contributed by atoms with Crippen LogP contribution in [-0.4, -0.2) is 32.3 Å². The van der Waals surface area contributed by atoms with Crippen LogP contribution in [0.4, 0.5) is 14.6 Å². The molecular formula is C16H15F2N5O. The van der Waals surface area contributed by atoms with Crippen molar-refractivity contribution in [1.82, 2.24) is 20.0 Å². The first kappa shape index (κ1) is 14.8. The highest BCUT2D eigenvalue weighted by Crippen LogP contribution is 2.44. The minimum Gasteiger partial charge on any atom is -0.310 e. The summed E-state index contributed by atoms with van der Waals surface area (Å²) in [5.41, 5.74) is 2.15. The van der Waals surface area contributed by atoms with Crippen molar-refractivity contribution in [2.75, 3.05) is 5.32 Å². The highest BCUT2D eigenvalue weighted by atomic mass is 19.3. The number of carbonyl (C=O) groups is 1. The van der Waals surface area contributed by atoms with E-state index in [1.807, 2.05) is 30.3 Å². The monoisotopic (exact) mass is 331 g/mol. The SMILES string of the molecule is Cn1nc(-c2ccccc2)c2c(NC(=O)[C@H]3C[C@@H]3C(F)F)[nH]nc21. The van der Waals surface area contributed by atoms with Gasteiger partial charge in [-0.3, -0.25) is 9.89 Å². The average Bonchev–Trinajstić information content (AvgIpc) is 3.19. The van der Waals surface area contributed by atoms with E-state index in [4.69, 9.17) is 0 Å². The maximum absolute atomic E-state index is 12.6. The van der Waals surface area contributed by atoms with Gasteiger partial charge in [0.25, 0.3) is 0 Å². The molecule has 1 aliphatic carbocycles. The van der Waals surface area contributed by atoms with Crippen LogP contribution in [0.1, 0.15) is 6.42 Å². The lowest BCUT2D eigenvalue weighted by Gasteiger charge is -2.03. The Hall–Kier alpha value is -2.77. The van der Waals surface area contributed by atoms with Gasteiger partial charge >= 0.3 is 0 Å². The topological polar surface area (TPSA) is 75.6 Å². The summed E-state index contributed by atoms with van der Waals surface area (Å²) in [5.74, 6) is -1.50. The highest BCUT2D eigenvalue weighted by molar-refractivity contribution is 6.06. The molecule has 1 amide bonds. The number of fused-ring (bicyclic) bond motifs is 1. The minimum atomic E-state index is -2.46. The van der Waals surface area contributed by atoms with Crippen LogP contribution in [0.25, 0.3) is 22.3 Å². The number of anilines is 1. The number of nitrogens with one attached hydrogen (secondary N) is 2. The molecule has 0 spiro atoms. The van der Waals surface area contributed by atoms with Gasteiger partial charge in [0.15, 0.2) is 5.65 Å². The zero-order valence-corrected chi connectivity index (χ0v) is 12.8. The van der Waals surface area contributed by atoms with Crippen LogP contribution in [-0.2, 0) is 11.8 Å². The van der Waals surface area contributed by atoms with Crippen molar-refractivity contribution in [2.45, 2.75) is 12.8 Å². The molecule has 0 aliphatic heterocycles. The summed E-state index contributed by atoms with van der Waals surface area (Å²) >= 11 is 0. The van der Waals surface area contributed by atoms with Gasteiger partial charge in [0.05, 0.1) is 5.39 Å². The summed E-state index contributed by atoms with van der Waals surface area (Å²) in [6.45, 7) is 0. The third-order valence-electron chi connectivity index (χ3n) is 4.34. The Morgan fingerprint density at radius 1 is 1.38 bits per heavy atom. The molecule has 1 saturated carbocycles. The van der Waals surface area contributed by atoms with Gasteiger partial charge in [-0.1, -0.05) is 30.3 Å². The number of hydrogen-bond donors (Lipinski definition) is 2. The van der Waals surface area contributed by atoms with Crippen LogP contribution < -0.4 is 5.32 Å². The van der Waals surface area contributed by atoms with Crippen molar-refractivity contribution in [3.8, 4) is 11.3 Å². The number of aromatic amines is 1. The summed E-state index contributed by atoms with van der Waals surface area (Å²) in [6.07, 6.45) is -2.24. The number of benzene rings is 1. The van der Waals surface area contributed by atoms with Crippen LogP contribution >= 0.6 is 0 Å². The van der Waals surface area contributed by atoms with Gasteiger partial charge in [-0.05, 0) is 6.42 Å². The Morgan fingerprint density at radius 3 is 2.79 bits per heavy atom. The summed E-state index contributed by atoms with van der Waals surface area (Å²) in [7, 11) is 1.76. The van der Waals surface area contributed by atoms with Crippen molar-refractivity contribution < 1.29 is 13.6 Å². The van der Waals surface area contributed by atoms with E-state index in [1.54, 1.807) is 11.7 Å². The lowest BCUT2D eigenvalue weighted by Crippen LogP contribution is -2.16. The second-order valence-corrected chi connectivity index (χ2v) is 5.97. The van der Waals surface area contributed by atoms with E-state index < -0.39 is 24.2 Å². The molecule has 0 saturated heterocycles. The smallest absolute Gasteiger partial charge is 0.242 e. The molecule has 2 N–H and O–H groups in total. The number of halogens is 2. The van der Waals surface area contributed by atoms with E-state index in [-0.39, 0.29) is 6.42 Å². The lowest BCUT2D eigenvalue weighted by atomic mass is 10.1. The summed E-state index contributed by atoms with van der Waals surface area (Å²) in [5, 5.41) is 14.8. The van der Waals surface area contributed by atoms with Gasteiger partial charge < -0.3 is 5.32 Å². The maximum Gasteiger partial charge on any atom is 0.242 e. The van der Waals surface area contributed by atoms with Gasteiger partial charge in [0.1, 0.15) is 11.5 Å². The molecule has 1 aromatic carbocycles. The van der Waals surface area contributed by atoms with E-state index in [0.29, 0.717) is 22.5 Å². The fraction of sp³-hybridized carbons (Fsp3) is 0.312. The molecule has 0 unspecified atom stereocenters. The highest BCUT2D eigenvalue weighted by Gasteiger charge is 2.49. The lowest BCUT2D eigenvalue weighted by molar-refractivity contribution is -0.118. The molecule has 3 aromatic rings. The zero-order chi connectivity index (χ0) is 16.8. The first-order chi connectivity index (χ1) is 11.6. The van der Waals surface area contributed by atoms with Gasteiger partial charge in [-0.2, -0.15) is 10.2 Å². The predicted molar refractivity (Wildman–Crippen MR) is 84.5 cm³/mol. The number of aromatic nitrogens is 4. The molecule has 0 radical (unpaired) electrons. The van der Waals surface area contributed by atoms with Crippen molar-refractivity contribution in [2.24, 2.45) is 18.9 Å². The molecule has 2 atom stereocenters. The fourth-order valence-corrected chi connectivity index (χ4v) is 2.94. The van der Waals surface area contributed by atoms with Gasteiger partial charge in [0.2, 0.25) is 12.3 Å². The van der Waals surface area contributed by atoms with E-state index in [0.717, 1.165) is 5.56 Å². The third-order valence-corrected chi connectivity index (χ3v) is 4.34.